The molecule has 0 atom stereocenters. The van der Waals surface area contributed by atoms with Gasteiger partial charge in [-0.3, -0.25) is 9.59 Å². The van der Waals surface area contributed by atoms with Gasteiger partial charge in [0.2, 0.25) is 0 Å². The number of nitrogens with zero attached hydrogens (tertiary/aromatic N) is 1. The molecule has 0 unspecified atom stereocenters. The SMILES string of the molecule is COc1ccc(NC(=O)/C(C#N)=C2\C(=O)Nc3ccccc32)cc1. The first-order valence-electron chi connectivity index (χ1n) is 7.14. The maximum atomic E-state index is 12.4. The van der Waals surface area contributed by atoms with Gasteiger partial charge in [0.15, 0.2) is 0 Å². The summed E-state index contributed by atoms with van der Waals surface area (Å²) in [6, 6.07) is 15.4. The van der Waals surface area contributed by atoms with Gasteiger partial charge in [0.25, 0.3) is 11.8 Å². The number of carbonyl (C=O) groups is 2. The van der Waals surface area contributed by atoms with Crippen LogP contribution in [0.3, 0.4) is 0 Å². The highest BCUT2D eigenvalue weighted by Crippen LogP contribution is 2.33. The van der Waals surface area contributed by atoms with Crippen molar-refractivity contribution in [2.75, 3.05) is 17.7 Å². The van der Waals surface area contributed by atoms with Crippen LogP contribution in [-0.4, -0.2) is 18.9 Å². The number of nitrogens with one attached hydrogen (secondary N) is 2. The molecule has 0 aromatic heterocycles. The largest absolute Gasteiger partial charge is 0.497 e. The predicted molar refractivity (Wildman–Crippen MR) is 89.2 cm³/mol. The first-order chi connectivity index (χ1) is 11.6. The average molecular weight is 319 g/mol. The fraction of sp³-hybridized carbons (Fsp3) is 0.0556. The Kier molecular flexibility index (Phi) is 4.00. The summed E-state index contributed by atoms with van der Waals surface area (Å²) in [5, 5.41) is 14.7. The molecule has 24 heavy (non-hydrogen) atoms. The molecule has 0 radical (unpaired) electrons. The topological polar surface area (TPSA) is 91.2 Å². The highest BCUT2D eigenvalue weighted by Gasteiger charge is 2.30. The Balaban J connectivity index is 1.95. The van der Waals surface area contributed by atoms with Crippen LogP contribution in [0.1, 0.15) is 5.56 Å². The molecule has 1 aliphatic heterocycles. The van der Waals surface area contributed by atoms with Gasteiger partial charge in [0.1, 0.15) is 17.4 Å². The molecule has 0 bridgehead atoms. The molecular formula is C18H13N3O3. The number of fused-ring (bicyclic) bond motifs is 1. The van der Waals surface area contributed by atoms with E-state index in [-0.39, 0.29) is 11.1 Å². The Labute approximate surface area is 138 Å². The van der Waals surface area contributed by atoms with E-state index >= 15 is 0 Å². The molecule has 0 saturated heterocycles. The molecule has 0 spiro atoms. The molecule has 3 rings (SSSR count). The molecule has 0 saturated carbocycles. The lowest BCUT2D eigenvalue weighted by Gasteiger charge is -2.07. The monoisotopic (exact) mass is 319 g/mol. The second-order valence-corrected chi connectivity index (χ2v) is 5.04. The van der Waals surface area contributed by atoms with Crippen LogP contribution in [0.25, 0.3) is 5.57 Å². The fourth-order valence-corrected chi connectivity index (χ4v) is 2.45. The zero-order valence-corrected chi connectivity index (χ0v) is 12.8. The van der Waals surface area contributed by atoms with Crippen molar-refractivity contribution < 1.29 is 14.3 Å². The summed E-state index contributed by atoms with van der Waals surface area (Å²) in [5.74, 6) is -0.446. The summed E-state index contributed by atoms with van der Waals surface area (Å²) in [5.41, 5.74) is 1.49. The van der Waals surface area contributed by atoms with Crippen molar-refractivity contribution in [2.45, 2.75) is 0 Å². The highest BCUT2D eigenvalue weighted by molar-refractivity contribution is 6.37. The number of ether oxygens (including phenoxy) is 1. The predicted octanol–water partition coefficient (Wildman–Crippen LogP) is 2.56. The van der Waals surface area contributed by atoms with Gasteiger partial charge >= 0.3 is 0 Å². The average Bonchev–Trinajstić information content (AvgIpc) is 2.93. The number of amides is 2. The number of benzene rings is 2. The second kappa shape index (κ2) is 6.26. The summed E-state index contributed by atoms with van der Waals surface area (Å²) in [6.45, 7) is 0. The molecule has 1 aliphatic rings. The minimum Gasteiger partial charge on any atom is -0.497 e. The summed E-state index contributed by atoms with van der Waals surface area (Å²) < 4.78 is 5.05. The summed E-state index contributed by atoms with van der Waals surface area (Å²) in [7, 11) is 1.54. The van der Waals surface area contributed by atoms with Crippen molar-refractivity contribution in [3.8, 4) is 11.8 Å². The van der Waals surface area contributed by atoms with Crippen molar-refractivity contribution in [3.05, 3.63) is 59.7 Å². The van der Waals surface area contributed by atoms with Crippen molar-refractivity contribution in [1.82, 2.24) is 0 Å². The summed E-state index contributed by atoms with van der Waals surface area (Å²) >= 11 is 0. The van der Waals surface area contributed by atoms with Crippen LogP contribution >= 0.6 is 0 Å². The van der Waals surface area contributed by atoms with E-state index in [1.54, 1.807) is 55.6 Å². The van der Waals surface area contributed by atoms with Crippen LogP contribution in [0.15, 0.2) is 54.1 Å². The van der Waals surface area contributed by atoms with Gasteiger partial charge in [-0.15, -0.1) is 0 Å². The molecule has 0 fully saturated rings. The minimum absolute atomic E-state index is 0.0825. The lowest BCUT2D eigenvalue weighted by atomic mass is 10.0. The Morgan fingerprint density at radius 3 is 2.54 bits per heavy atom. The third-order valence-corrected chi connectivity index (χ3v) is 3.61. The Hall–Kier alpha value is -3.59. The Bertz CT molecular complexity index is 892. The lowest BCUT2D eigenvalue weighted by Crippen LogP contribution is -2.17. The molecule has 2 aromatic rings. The van der Waals surface area contributed by atoms with Crippen LogP contribution in [0, 0.1) is 11.3 Å². The third kappa shape index (κ3) is 2.71. The van der Waals surface area contributed by atoms with Crippen LogP contribution in [-0.2, 0) is 9.59 Å². The molecule has 6 heteroatoms. The smallest absolute Gasteiger partial charge is 0.267 e. The number of hydrogen-bond acceptors (Lipinski definition) is 4. The molecule has 6 nitrogen and oxygen atoms in total. The van der Waals surface area contributed by atoms with E-state index in [2.05, 4.69) is 10.6 Å². The van der Waals surface area contributed by atoms with E-state index in [1.807, 2.05) is 6.07 Å². The van der Waals surface area contributed by atoms with Crippen LogP contribution in [0.4, 0.5) is 11.4 Å². The van der Waals surface area contributed by atoms with Crippen LogP contribution in [0.5, 0.6) is 5.75 Å². The van der Waals surface area contributed by atoms with Crippen molar-refractivity contribution >= 4 is 28.8 Å². The first-order valence-corrected chi connectivity index (χ1v) is 7.14. The van der Waals surface area contributed by atoms with E-state index in [0.29, 0.717) is 22.7 Å². The summed E-state index contributed by atoms with van der Waals surface area (Å²) in [4.78, 5) is 24.6. The quantitative estimate of drug-likeness (QED) is 0.672. The second-order valence-electron chi connectivity index (χ2n) is 5.04. The maximum absolute atomic E-state index is 12.4. The van der Waals surface area contributed by atoms with Crippen molar-refractivity contribution in [3.63, 3.8) is 0 Å². The number of nitriles is 1. The van der Waals surface area contributed by atoms with E-state index in [9.17, 15) is 14.9 Å². The van der Waals surface area contributed by atoms with Gasteiger partial charge in [0.05, 0.1) is 12.7 Å². The minimum atomic E-state index is -0.635. The van der Waals surface area contributed by atoms with Gasteiger partial charge in [0, 0.05) is 16.9 Å². The number of carbonyl (C=O) groups excluding carboxylic acids is 2. The number of hydrogen-bond donors (Lipinski definition) is 2. The number of anilines is 2. The molecular weight excluding hydrogens is 306 g/mol. The normalized spacial score (nSPS) is 14.2. The molecule has 2 aromatic carbocycles. The zero-order valence-electron chi connectivity index (χ0n) is 12.8. The highest BCUT2D eigenvalue weighted by atomic mass is 16.5. The molecule has 2 amide bonds. The Morgan fingerprint density at radius 1 is 1.17 bits per heavy atom. The standard InChI is InChI=1S/C18H13N3O3/c1-24-12-8-6-11(7-9-12)20-17(22)14(10-19)16-13-4-2-3-5-15(13)21-18(16)23/h2-9H,1H3,(H,20,22)(H,21,23)/b16-14-. The van der Waals surface area contributed by atoms with Gasteiger partial charge in [-0.1, -0.05) is 18.2 Å². The first kappa shape index (κ1) is 15.3. The zero-order chi connectivity index (χ0) is 17.1. The van der Waals surface area contributed by atoms with Crippen molar-refractivity contribution in [1.29, 1.82) is 5.26 Å². The lowest BCUT2D eigenvalue weighted by molar-refractivity contribution is -0.113. The molecule has 0 aliphatic carbocycles. The fourth-order valence-electron chi connectivity index (χ4n) is 2.45. The van der Waals surface area contributed by atoms with Gasteiger partial charge in [-0.05, 0) is 30.3 Å². The van der Waals surface area contributed by atoms with Crippen LogP contribution in [0.2, 0.25) is 0 Å². The summed E-state index contributed by atoms with van der Waals surface area (Å²) in [6.07, 6.45) is 0. The maximum Gasteiger partial charge on any atom is 0.267 e. The van der Waals surface area contributed by atoms with E-state index in [1.165, 1.54) is 0 Å². The molecule has 2 N–H and O–H groups in total. The van der Waals surface area contributed by atoms with Gasteiger partial charge in [-0.2, -0.15) is 5.26 Å². The van der Waals surface area contributed by atoms with E-state index in [4.69, 9.17) is 4.74 Å². The van der Waals surface area contributed by atoms with E-state index in [0.717, 1.165) is 0 Å². The number of methoxy groups -OCH3 is 1. The Morgan fingerprint density at radius 2 is 1.88 bits per heavy atom. The van der Waals surface area contributed by atoms with Crippen molar-refractivity contribution in [2.24, 2.45) is 0 Å². The van der Waals surface area contributed by atoms with Gasteiger partial charge < -0.3 is 15.4 Å². The van der Waals surface area contributed by atoms with Gasteiger partial charge in [-0.25, -0.2) is 0 Å². The number of rotatable bonds is 3. The third-order valence-electron chi connectivity index (χ3n) is 3.61. The van der Waals surface area contributed by atoms with Crippen LogP contribution < -0.4 is 15.4 Å². The number of para-hydroxylation sites is 1. The molecule has 1 heterocycles. The van der Waals surface area contributed by atoms with E-state index < -0.39 is 11.8 Å². The molecule has 118 valence electrons.